The van der Waals surface area contributed by atoms with Crippen molar-refractivity contribution in [3.63, 3.8) is 0 Å². The molecule has 0 aromatic carbocycles. The zero-order valence-electron chi connectivity index (χ0n) is 8.55. The Labute approximate surface area is 89.3 Å². The third-order valence-electron chi connectivity index (χ3n) is 1.96. The fourth-order valence-electron chi connectivity index (χ4n) is 0.930. The van der Waals surface area contributed by atoms with Gasteiger partial charge in [0.1, 0.15) is 18.0 Å². The number of hydrogen-bond acceptors (Lipinski definition) is 5. The van der Waals surface area contributed by atoms with Crippen LogP contribution >= 0.6 is 12.6 Å². The van der Waals surface area contributed by atoms with Crippen molar-refractivity contribution in [3.8, 4) is 0 Å². The predicted octanol–water partition coefficient (Wildman–Crippen LogP) is 0.239. The summed E-state index contributed by atoms with van der Waals surface area (Å²) in [6.45, 7) is 4.69. The summed E-state index contributed by atoms with van der Waals surface area (Å²) in [5, 5.41) is 36.4. The van der Waals surface area contributed by atoms with Crippen molar-refractivity contribution in [1.82, 2.24) is 0 Å². The highest BCUT2D eigenvalue weighted by molar-refractivity contribution is 7.81. The maximum absolute atomic E-state index is 9.50. The second-order valence-electron chi connectivity index (χ2n) is 3.55. The summed E-state index contributed by atoms with van der Waals surface area (Å²) in [6.07, 6.45) is -3.68. The van der Waals surface area contributed by atoms with Gasteiger partial charge in [0, 0.05) is 0 Å². The number of allylic oxidation sites excluding steroid dienone is 1. The molecular formula is C9H18O4S. The van der Waals surface area contributed by atoms with Gasteiger partial charge in [0.05, 0.1) is 11.4 Å². The van der Waals surface area contributed by atoms with Crippen LogP contribution in [0.5, 0.6) is 0 Å². The lowest BCUT2D eigenvalue weighted by atomic mass is 10.0. The quantitative estimate of drug-likeness (QED) is 0.349. The first-order valence-corrected chi connectivity index (χ1v) is 4.89. The molecule has 0 spiro atoms. The van der Waals surface area contributed by atoms with Crippen molar-refractivity contribution in [3.05, 3.63) is 11.3 Å². The summed E-state index contributed by atoms with van der Waals surface area (Å²) in [5.74, 6) is -0.0828. The van der Waals surface area contributed by atoms with Crippen molar-refractivity contribution in [2.75, 3.05) is 0 Å². The van der Waals surface area contributed by atoms with Gasteiger partial charge in [-0.15, -0.1) is 0 Å². The minimum Gasteiger partial charge on any atom is -0.511 e. The van der Waals surface area contributed by atoms with Gasteiger partial charge in [-0.05, 0) is 26.3 Å². The Hall–Kier alpha value is -0.230. The molecule has 0 saturated carbocycles. The zero-order chi connectivity index (χ0) is 11.5. The Morgan fingerprint density at radius 3 is 1.79 bits per heavy atom. The molecule has 0 radical (unpaired) electrons. The molecule has 4 N–H and O–H groups in total. The van der Waals surface area contributed by atoms with E-state index in [4.69, 9.17) is 5.11 Å². The highest BCUT2D eigenvalue weighted by Crippen LogP contribution is 2.18. The number of aliphatic hydroxyl groups excluding tert-OH is 4. The maximum atomic E-state index is 9.50. The first kappa shape index (κ1) is 13.8. The molecule has 0 aliphatic heterocycles. The smallest absolute Gasteiger partial charge is 0.107 e. The second kappa shape index (κ2) is 5.60. The van der Waals surface area contributed by atoms with Crippen LogP contribution in [0.4, 0.5) is 0 Å². The van der Waals surface area contributed by atoms with Gasteiger partial charge in [-0.25, -0.2) is 0 Å². The van der Waals surface area contributed by atoms with Crippen LogP contribution in [0.1, 0.15) is 20.8 Å². The molecule has 0 aromatic heterocycles. The number of rotatable bonds is 4. The lowest BCUT2D eigenvalue weighted by Gasteiger charge is -2.25. The van der Waals surface area contributed by atoms with Crippen LogP contribution in [0.15, 0.2) is 11.3 Å². The van der Waals surface area contributed by atoms with Crippen LogP contribution in [-0.4, -0.2) is 44.0 Å². The Kier molecular flexibility index (Phi) is 5.51. The molecule has 0 fully saturated rings. The molecule has 0 heterocycles. The van der Waals surface area contributed by atoms with Crippen molar-refractivity contribution in [1.29, 1.82) is 0 Å². The third kappa shape index (κ3) is 3.49. The molecule has 0 rings (SSSR count). The fourth-order valence-corrected chi connectivity index (χ4v) is 1.36. The highest BCUT2D eigenvalue weighted by Gasteiger charge is 2.29. The van der Waals surface area contributed by atoms with E-state index >= 15 is 0 Å². The van der Waals surface area contributed by atoms with Crippen molar-refractivity contribution >= 4 is 12.6 Å². The molecule has 0 aliphatic rings. The van der Waals surface area contributed by atoms with Gasteiger partial charge < -0.3 is 20.4 Å². The van der Waals surface area contributed by atoms with E-state index in [0.717, 1.165) is 0 Å². The first-order chi connectivity index (χ1) is 6.29. The molecule has 84 valence electrons. The lowest BCUT2D eigenvalue weighted by Crippen LogP contribution is -2.42. The highest BCUT2D eigenvalue weighted by atomic mass is 32.1. The number of hydrogen-bond donors (Lipinski definition) is 5. The van der Waals surface area contributed by atoms with Gasteiger partial charge >= 0.3 is 0 Å². The number of thiol groups is 1. The minimum atomic E-state index is -1.32. The third-order valence-corrected chi connectivity index (χ3v) is 2.51. The van der Waals surface area contributed by atoms with Crippen LogP contribution in [0.2, 0.25) is 0 Å². The van der Waals surface area contributed by atoms with Crippen LogP contribution in [0, 0.1) is 0 Å². The largest absolute Gasteiger partial charge is 0.511 e. The average molecular weight is 222 g/mol. The fraction of sp³-hybridized carbons (Fsp3) is 0.778. The van der Waals surface area contributed by atoms with Crippen LogP contribution in [0.3, 0.4) is 0 Å². The Balaban J connectivity index is 4.55. The summed E-state index contributed by atoms with van der Waals surface area (Å²) < 4.78 is 0. The zero-order valence-corrected chi connectivity index (χ0v) is 9.44. The van der Waals surface area contributed by atoms with Crippen LogP contribution < -0.4 is 0 Å². The van der Waals surface area contributed by atoms with E-state index in [0.29, 0.717) is 5.57 Å². The molecule has 4 atom stereocenters. The molecule has 14 heavy (non-hydrogen) atoms. The molecular weight excluding hydrogens is 204 g/mol. The van der Waals surface area contributed by atoms with Gasteiger partial charge in [-0.1, -0.05) is 0 Å². The SMILES string of the molecule is CC(C)=C(O)[C@H](S)[C@H](O)[C@H](O)C(C)O. The summed E-state index contributed by atoms with van der Waals surface area (Å²) in [7, 11) is 0. The summed E-state index contributed by atoms with van der Waals surface area (Å²) in [5.41, 5.74) is 0.613. The average Bonchev–Trinajstić information content (AvgIpc) is 2.12. The molecule has 0 bridgehead atoms. The molecule has 0 aliphatic carbocycles. The molecule has 0 saturated heterocycles. The van der Waals surface area contributed by atoms with E-state index in [1.54, 1.807) is 13.8 Å². The van der Waals surface area contributed by atoms with E-state index in [2.05, 4.69) is 12.6 Å². The van der Waals surface area contributed by atoms with E-state index in [1.165, 1.54) is 6.92 Å². The standard InChI is InChI=1S/C9H18O4S/c1-4(2)6(11)9(14)8(13)7(12)5(3)10/h5,7-14H,1-3H3/t5?,7-,8-,9+/m1/s1. The normalized spacial score (nSPS) is 19.6. The Bertz CT molecular complexity index is 211. The summed E-state index contributed by atoms with van der Waals surface area (Å²) >= 11 is 3.96. The topological polar surface area (TPSA) is 80.9 Å². The van der Waals surface area contributed by atoms with E-state index in [1.807, 2.05) is 0 Å². The Morgan fingerprint density at radius 1 is 1.07 bits per heavy atom. The second-order valence-corrected chi connectivity index (χ2v) is 4.11. The Morgan fingerprint density at radius 2 is 1.50 bits per heavy atom. The summed E-state index contributed by atoms with van der Waals surface area (Å²) in [4.78, 5) is 0. The molecule has 0 amide bonds. The van der Waals surface area contributed by atoms with Gasteiger partial charge in [-0.3, -0.25) is 0 Å². The molecule has 0 aromatic rings. The van der Waals surface area contributed by atoms with E-state index < -0.39 is 23.6 Å². The first-order valence-electron chi connectivity index (χ1n) is 4.37. The molecule has 1 unspecified atom stereocenters. The predicted molar refractivity (Wildman–Crippen MR) is 57.5 cm³/mol. The van der Waals surface area contributed by atoms with Crippen molar-refractivity contribution < 1.29 is 20.4 Å². The lowest BCUT2D eigenvalue weighted by molar-refractivity contribution is -0.0513. The summed E-state index contributed by atoms with van der Waals surface area (Å²) in [6, 6.07) is 0. The van der Waals surface area contributed by atoms with Crippen LogP contribution in [0.25, 0.3) is 0 Å². The van der Waals surface area contributed by atoms with E-state index in [9.17, 15) is 15.3 Å². The van der Waals surface area contributed by atoms with Gasteiger partial charge in [0.2, 0.25) is 0 Å². The minimum absolute atomic E-state index is 0.0828. The van der Waals surface area contributed by atoms with Gasteiger partial charge in [-0.2, -0.15) is 12.6 Å². The van der Waals surface area contributed by atoms with Gasteiger partial charge in [0.15, 0.2) is 0 Å². The van der Waals surface area contributed by atoms with E-state index in [-0.39, 0.29) is 5.76 Å². The molecule has 5 heteroatoms. The van der Waals surface area contributed by atoms with Crippen molar-refractivity contribution in [2.24, 2.45) is 0 Å². The van der Waals surface area contributed by atoms with Crippen LogP contribution in [-0.2, 0) is 0 Å². The number of aliphatic hydroxyl groups is 4. The van der Waals surface area contributed by atoms with Crippen molar-refractivity contribution in [2.45, 2.75) is 44.3 Å². The van der Waals surface area contributed by atoms with Gasteiger partial charge in [0.25, 0.3) is 0 Å². The monoisotopic (exact) mass is 222 g/mol. The molecule has 4 nitrogen and oxygen atoms in total. The maximum Gasteiger partial charge on any atom is 0.107 e.